The van der Waals surface area contributed by atoms with E-state index in [4.69, 9.17) is 9.47 Å². The van der Waals surface area contributed by atoms with E-state index >= 15 is 0 Å². The molecule has 1 aliphatic heterocycles. The second kappa shape index (κ2) is 12.4. The second-order valence-electron chi connectivity index (χ2n) is 8.64. The van der Waals surface area contributed by atoms with Crippen molar-refractivity contribution < 1.29 is 19.2 Å². The Balaban J connectivity index is 1.43. The lowest BCUT2D eigenvalue weighted by Crippen LogP contribution is -2.49. The number of non-ortho nitro benzene ring substituents is 1. The van der Waals surface area contributed by atoms with Crippen LogP contribution in [-0.2, 0) is 11.4 Å². The zero-order valence-corrected chi connectivity index (χ0v) is 21.1. The number of hydrogen-bond donors (Lipinski definition) is 0. The first-order chi connectivity index (χ1) is 18.5. The van der Waals surface area contributed by atoms with Crippen LogP contribution in [0.25, 0.3) is 6.08 Å². The van der Waals surface area contributed by atoms with Crippen LogP contribution in [0.1, 0.15) is 18.1 Å². The maximum absolute atomic E-state index is 13.1. The summed E-state index contributed by atoms with van der Waals surface area (Å²) in [7, 11) is 0. The normalized spacial score (nSPS) is 13.5. The summed E-state index contributed by atoms with van der Waals surface area (Å²) in [6.45, 7) is 4.91. The number of benzene rings is 3. The molecule has 9 nitrogen and oxygen atoms in total. The molecule has 4 rings (SSSR count). The molecule has 0 aliphatic carbocycles. The van der Waals surface area contributed by atoms with E-state index in [1.54, 1.807) is 41.3 Å². The Hall–Kier alpha value is -4.84. The summed E-state index contributed by atoms with van der Waals surface area (Å²) in [5.41, 5.74) is 2.60. The van der Waals surface area contributed by atoms with Gasteiger partial charge >= 0.3 is 0 Å². The largest absolute Gasteiger partial charge is 0.490 e. The van der Waals surface area contributed by atoms with Gasteiger partial charge in [0.05, 0.1) is 11.5 Å². The van der Waals surface area contributed by atoms with E-state index in [2.05, 4.69) is 11.0 Å². The highest BCUT2D eigenvalue weighted by Gasteiger charge is 2.24. The highest BCUT2D eigenvalue weighted by atomic mass is 16.6. The molecule has 0 unspecified atom stereocenters. The SMILES string of the molecule is CCOc1cc(/C=C(/C#N)C(=O)N2CCN(c3ccccc3)CC2)ccc1OCc1ccc([N+](=O)[O-])cc1. The fraction of sp³-hybridized carbons (Fsp3) is 0.241. The van der Waals surface area contributed by atoms with Gasteiger partial charge in [0.1, 0.15) is 18.2 Å². The predicted molar refractivity (Wildman–Crippen MR) is 144 cm³/mol. The van der Waals surface area contributed by atoms with Gasteiger partial charge in [0, 0.05) is 44.0 Å². The van der Waals surface area contributed by atoms with Crippen LogP contribution in [0.5, 0.6) is 11.5 Å². The van der Waals surface area contributed by atoms with Gasteiger partial charge in [0.2, 0.25) is 0 Å². The molecule has 0 atom stereocenters. The number of para-hydroxylation sites is 1. The summed E-state index contributed by atoms with van der Waals surface area (Å²) in [5.74, 6) is 0.672. The molecule has 1 aliphatic rings. The molecule has 0 saturated carbocycles. The molecule has 194 valence electrons. The molecule has 38 heavy (non-hydrogen) atoms. The average molecular weight is 513 g/mol. The van der Waals surface area contributed by atoms with Gasteiger partial charge in [-0.25, -0.2) is 0 Å². The van der Waals surface area contributed by atoms with Crippen LogP contribution in [-0.4, -0.2) is 48.5 Å². The fourth-order valence-electron chi connectivity index (χ4n) is 4.16. The van der Waals surface area contributed by atoms with Crippen molar-refractivity contribution in [1.29, 1.82) is 5.26 Å². The number of nitriles is 1. The lowest BCUT2D eigenvalue weighted by atomic mass is 10.1. The number of nitro groups is 1. The third-order valence-corrected chi connectivity index (χ3v) is 6.16. The molecule has 0 N–H and O–H groups in total. The Kier molecular flexibility index (Phi) is 8.57. The molecule has 0 radical (unpaired) electrons. The molecule has 0 spiro atoms. The van der Waals surface area contributed by atoms with E-state index in [9.17, 15) is 20.2 Å². The molecular weight excluding hydrogens is 484 g/mol. The summed E-state index contributed by atoms with van der Waals surface area (Å²) >= 11 is 0. The van der Waals surface area contributed by atoms with Gasteiger partial charge in [-0.05, 0) is 60.5 Å². The van der Waals surface area contributed by atoms with Crippen LogP contribution < -0.4 is 14.4 Å². The van der Waals surface area contributed by atoms with Crippen LogP contribution >= 0.6 is 0 Å². The average Bonchev–Trinajstić information content (AvgIpc) is 2.96. The highest BCUT2D eigenvalue weighted by molar-refractivity contribution is 6.01. The molecule has 1 saturated heterocycles. The number of anilines is 1. The van der Waals surface area contributed by atoms with Gasteiger partial charge in [0.15, 0.2) is 11.5 Å². The van der Waals surface area contributed by atoms with Crippen LogP contribution in [0.3, 0.4) is 0 Å². The summed E-state index contributed by atoms with van der Waals surface area (Å²) in [6.07, 6.45) is 1.56. The molecule has 3 aromatic rings. The van der Waals surface area contributed by atoms with Crippen molar-refractivity contribution in [1.82, 2.24) is 4.90 Å². The lowest BCUT2D eigenvalue weighted by molar-refractivity contribution is -0.384. The van der Waals surface area contributed by atoms with Crippen LogP contribution in [0, 0.1) is 21.4 Å². The number of carbonyl (C=O) groups excluding carboxylic acids is 1. The number of amides is 1. The summed E-state index contributed by atoms with van der Waals surface area (Å²) in [4.78, 5) is 27.4. The molecule has 9 heteroatoms. The number of nitrogens with zero attached hydrogens (tertiary/aromatic N) is 4. The Morgan fingerprint density at radius 2 is 1.71 bits per heavy atom. The topological polar surface area (TPSA) is 109 Å². The summed E-state index contributed by atoms with van der Waals surface area (Å²) in [5, 5.41) is 20.6. The fourth-order valence-corrected chi connectivity index (χ4v) is 4.16. The van der Waals surface area contributed by atoms with Gasteiger partial charge in [0.25, 0.3) is 11.6 Å². The van der Waals surface area contributed by atoms with Gasteiger partial charge in [-0.3, -0.25) is 14.9 Å². The first kappa shape index (κ1) is 26.2. The standard InChI is InChI=1S/C29H28N4O5/c1-2-37-28-19-23(10-13-27(28)38-21-22-8-11-26(12-9-22)33(35)36)18-24(20-30)29(34)32-16-14-31(15-17-32)25-6-4-3-5-7-25/h3-13,18-19H,2,14-17,21H2,1H3/b24-18-. The van der Waals surface area contributed by atoms with Gasteiger partial charge in [-0.2, -0.15) is 5.26 Å². The van der Waals surface area contributed by atoms with E-state index in [1.165, 1.54) is 12.1 Å². The van der Waals surface area contributed by atoms with Crippen molar-refractivity contribution in [3.63, 3.8) is 0 Å². The molecule has 1 amide bonds. The zero-order valence-electron chi connectivity index (χ0n) is 21.1. The first-order valence-electron chi connectivity index (χ1n) is 12.3. The van der Waals surface area contributed by atoms with Crippen molar-refractivity contribution in [2.45, 2.75) is 13.5 Å². The van der Waals surface area contributed by atoms with Gasteiger partial charge in [-0.15, -0.1) is 0 Å². The molecule has 3 aromatic carbocycles. The van der Waals surface area contributed by atoms with E-state index in [0.29, 0.717) is 49.8 Å². The summed E-state index contributed by atoms with van der Waals surface area (Å²) < 4.78 is 11.6. The van der Waals surface area contributed by atoms with Crippen molar-refractivity contribution in [3.05, 3.63) is 99.6 Å². The lowest BCUT2D eigenvalue weighted by Gasteiger charge is -2.36. The minimum Gasteiger partial charge on any atom is -0.490 e. The zero-order chi connectivity index (χ0) is 26.9. The molecule has 1 heterocycles. The van der Waals surface area contributed by atoms with E-state index in [-0.39, 0.29) is 23.8 Å². The minimum atomic E-state index is -0.449. The third kappa shape index (κ3) is 6.48. The molecule has 1 fully saturated rings. The summed E-state index contributed by atoms with van der Waals surface area (Å²) in [6, 6.07) is 23.4. The number of hydrogen-bond acceptors (Lipinski definition) is 7. The van der Waals surface area contributed by atoms with Crippen molar-refractivity contribution in [3.8, 4) is 17.6 Å². The molecule has 0 aromatic heterocycles. The van der Waals surface area contributed by atoms with Gasteiger partial charge in [-0.1, -0.05) is 24.3 Å². The van der Waals surface area contributed by atoms with E-state index in [0.717, 1.165) is 11.3 Å². The van der Waals surface area contributed by atoms with E-state index < -0.39 is 4.92 Å². The van der Waals surface area contributed by atoms with Crippen LogP contribution in [0.2, 0.25) is 0 Å². The van der Waals surface area contributed by atoms with Crippen molar-refractivity contribution >= 4 is 23.4 Å². The van der Waals surface area contributed by atoms with Crippen molar-refractivity contribution in [2.24, 2.45) is 0 Å². The maximum Gasteiger partial charge on any atom is 0.269 e. The Bertz CT molecular complexity index is 1340. The number of ether oxygens (including phenoxy) is 2. The Labute approximate surface area is 221 Å². The molecular formula is C29H28N4O5. The second-order valence-corrected chi connectivity index (χ2v) is 8.64. The van der Waals surface area contributed by atoms with E-state index in [1.807, 2.05) is 37.3 Å². The number of rotatable bonds is 9. The number of piperazine rings is 1. The Morgan fingerprint density at radius 1 is 1.00 bits per heavy atom. The monoisotopic (exact) mass is 512 g/mol. The van der Waals surface area contributed by atoms with Crippen molar-refractivity contribution in [2.75, 3.05) is 37.7 Å². The van der Waals surface area contributed by atoms with Crippen LogP contribution in [0.15, 0.2) is 78.4 Å². The number of carbonyl (C=O) groups is 1. The minimum absolute atomic E-state index is 0.0146. The van der Waals surface area contributed by atoms with Gasteiger partial charge < -0.3 is 19.3 Å². The Morgan fingerprint density at radius 3 is 2.34 bits per heavy atom. The first-order valence-corrected chi connectivity index (χ1v) is 12.3. The molecule has 0 bridgehead atoms. The quantitative estimate of drug-likeness (QED) is 0.175. The van der Waals surface area contributed by atoms with Crippen LogP contribution in [0.4, 0.5) is 11.4 Å². The maximum atomic E-state index is 13.1. The highest BCUT2D eigenvalue weighted by Crippen LogP contribution is 2.30. The number of nitro benzene ring substituents is 1. The third-order valence-electron chi connectivity index (χ3n) is 6.16. The predicted octanol–water partition coefficient (Wildman–Crippen LogP) is 4.83. The smallest absolute Gasteiger partial charge is 0.269 e.